The summed E-state index contributed by atoms with van der Waals surface area (Å²) in [5.74, 6) is -0.557. The Morgan fingerprint density at radius 2 is 1.71 bits per heavy atom. The summed E-state index contributed by atoms with van der Waals surface area (Å²) in [6.07, 6.45) is 4.28. The Balaban J connectivity index is 1.86. The van der Waals surface area contributed by atoms with Crippen molar-refractivity contribution >= 4 is 17.5 Å². The van der Waals surface area contributed by atoms with Crippen molar-refractivity contribution in [1.29, 1.82) is 0 Å². The molecule has 0 bridgehead atoms. The highest BCUT2D eigenvalue weighted by atomic mass is 16.2. The van der Waals surface area contributed by atoms with Gasteiger partial charge in [-0.15, -0.1) is 0 Å². The van der Waals surface area contributed by atoms with E-state index in [9.17, 15) is 9.59 Å². The van der Waals surface area contributed by atoms with Gasteiger partial charge >= 0.3 is 0 Å². The summed E-state index contributed by atoms with van der Waals surface area (Å²) in [7, 11) is 0. The van der Waals surface area contributed by atoms with Gasteiger partial charge in [0.05, 0.1) is 6.42 Å². The lowest BCUT2D eigenvalue weighted by atomic mass is 10.2. The first-order valence-electron chi connectivity index (χ1n) is 6.70. The zero-order valence-corrected chi connectivity index (χ0v) is 11.9. The third kappa shape index (κ3) is 4.42. The first-order chi connectivity index (χ1) is 10.0. The van der Waals surface area contributed by atoms with Crippen LogP contribution in [0.2, 0.25) is 0 Å². The van der Waals surface area contributed by atoms with E-state index in [0.717, 1.165) is 0 Å². The van der Waals surface area contributed by atoms with Crippen LogP contribution in [0.1, 0.15) is 22.3 Å². The standard InChI is InChI=1S/C16H17N3O2/c1-12-6-9-19(10-7-12)11-8-15(20)18-14-4-2-13(3-5-14)16(17)21/h2-7,9-10H,8,11H2,1H3,(H2-,17,18,20,21)/p+1. The van der Waals surface area contributed by atoms with Gasteiger partial charge in [-0.2, -0.15) is 0 Å². The lowest BCUT2D eigenvalue weighted by molar-refractivity contribution is -0.695. The summed E-state index contributed by atoms with van der Waals surface area (Å²) >= 11 is 0. The van der Waals surface area contributed by atoms with E-state index in [1.165, 1.54) is 5.56 Å². The number of hydrogen-bond acceptors (Lipinski definition) is 2. The highest BCUT2D eigenvalue weighted by Gasteiger charge is 2.07. The minimum atomic E-state index is -0.483. The Bertz CT molecular complexity index is 634. The van der Waals surface area contributed by atoms with Crippen molar-refractivity contribution in [3.8, 4) is 0 Å². The molecule has 0 spiro atoms. The molecule has 2 amide bonds. The van der Waals surface area contributed by atoms with E-state index >= 15 is 0 Å². The van der Waals surface area contributed by atoms with Crippen LogP contribution in [0.3, 0.4) is 0 Å². The molecule has 0 saturated heterocycles. The number of hydrogen-bond donors (Lipinski definition) is 2. The molecule has 1 aromatic carbocycles. The summed E-state index contributed by atoms with van der Waals surface area (Å²) in [6, 6.07) is 10.5. The Hall–Kier alpha value is -2.69. The molecule has 1 aromatic heterocycles. The molecule has 0 atom stereocenters. The van der Waals surface area contributed by atoms with Crippen molar-refractivity contribution in [3.63, 3.8) is 0 Å². The monoisotopic (exact) mass is 284 g/mol. The van der Waals surface area contributed by atoms with E-state index in [4.69, 9.17) is 5.73 Å². The van der Waals surface area contributed by atoms with Crippen molar-refractivity contribution in [2.24, 2.45) is 5.73 Å². The molecule has 2 rings (SSSR count). The van der Waals surface area contributed by atoms with Crippen LogP contribution in [0.4, 0.5) is 5.69 Å². The minimum Gasteiger partial charge on any atom is -0.366 e. The predicted octanol–water partition coefficient (Wildman–Crippen LogP) is 1.41. The SMILES string of the molecule is Cc1cc[n+](CCC(=O)Nc2ccc(C(N)=O)cc2)cc1. The number of aromatic nitrogens is 1. The largest absolute Gasteiger partial charge is 0.366 e. The van der Waals surface area contributed by atoms with Gasteiger partial charge in [-0.05, 0) is 36.8 Å². The van der Waals surface area contributed by atoms with Crippen LogP contribution in [-0.4, -0.2) is 11.8 Å². The number of amides is 2. The number of nitrogens with one attached hydrogen (secondary N) is 1. The second kappa shape index (κ2) is 6.65. The number of primary amides is 1. The molecule has 2 aromatic rings. The van der Waals surface area contributed by atoms with Gasteiger partial charge in [-0.3, -0.25) is 9.59 Å². The molecule has 0 saturated carbocycles. The molecule has 108 valence electrons. The number of anilines is 1. The van der Waals surface area contributed by atoms with Crippen molar-refractivity contribution in [3.05, 3.63) is 59.9 Å². The maximum Gasteiger partial charge on any atom is 0.248 e. The zero-order valence-electron chi connectivity index (χ0n) is 11.9. The third-order valence-corrected chi connectivity index (χ3v) is 3.11. The second-order valence-corrected chi connectivity index (χ2v) is 4.85. The molecule has 1 heterocycles. The fraction of sp³-hybridized carbons (Fsp3) is 0.188. The van der Waals surface area contributed by atoms with E-state index in [2.05, 4.69) is 5.32 Å². The normalized spacial score (nSPS) is 10.1. The van der Waals surface area contributed by atoms with Gasteiger partial charge in [0.1, 0.15) is 0 Å². The molecule has 0 radical (unpaired) electrons. The summed E-state index contributed by atoms with van der Waals surface area (Å²) < 4.78 is 1.96. The molecule has 0 fully saturated rings. The van der Waals surface area contributed by atoms with E-state index in [-0.39, 0.29) is 5.91 Å². The number of nitrogens with two attached hydrogens (primary N) is 1. The number of rotatable bonds is 5. The number of nitrogens with zero attached hydrogens (tertiary/aromatic N) is 1. The Morgan fingerprint density at radius 3 is 2.29 bits per heavy atom. The summed E-state index contributed by atoms with van der Waals surface area (Å²) in [5.41, 5.74) is 7.42. The van der Waals surface area contributed by atoms with Crippen molar-refractivity contribution in [2.45, 2.75) is 19.9 Å². The van der Waals surface area contributed by atoms with E-state index in [1.807, 2.05) is 36.0 Å². The lowest BCUT2D eigenvalue weighted by Gasteiger charge is -2.04. The van der Waals surface area contributed by atoms with Crippen LogP contribution >= 0.6 is 0 Å². The van der Waals surface area contributed by atoms with E-state index in [1.54, 1.807) is 24.3 Å². The average Bonchev–Trinajstić information content (AvgIpc) is 2.47. The molecule has 0 aliphatic carbocycles. The van der Waals surface area contributed by atoms with Crippen LogP contribution in [0.15, 0.2) is 48.8 Å². The van der Waals surface area contributed by atoms with Gasteiger partial charge in [0, 0.05) is 23.4 Å². The van der Waals surface area contributed by atoms with Crippen LogP contribution < -0.4 is 15.6 Å². The van der Waals surface area contributed by atoms with Gasteiger partial charge < -0.3 is 11.1 Å². The predicted molar refractivity (Wildman–Crippen MR) is 79.6 cm³/mol. The third-order valence-electron chi connectivity index (χ3n) is 3.11. The van der Waals surface area contributed by atoms with Crippen molar-refractivity contribution < 1.29 is 14.2 Å². The van der Waals surface area contributed by atoms with Gasteiger partial charge in [0.15, 0.2) is 18.9 Å². The molecular formula is C16H18N3O2+. The molecule has 0 aliphatic rings. The first-order valence-corrected chi connectivity index (χ1v) is 6.70. The fourth-order valence-corrected chi connectivity index (χ4v) is 1.85. The fourth-order valence-electron chi connectivity index (χ4n) is 1.85. The van der Waals surface area contributed by atoms with Crippen LogP contribution in [0.5, 0.6) is 0 Å². The number of benzene rings is 1. The molecule has 3 N–H and O–H groups in total. The average molecular weight is 284 g/mol. The minimum absolute atomic E-state index is 0.0742. The van der Waals surface area contributed by atoms with Gasteiger partial charge in [-0.1, -0.05) is 0 Å². The molecule has 0 unspecified atom stereocenters. The highest BCUT2D eigenvalue weighted by Crippen LogP contribution is 2.09. The lowest BCUT2D eigenvalue weighted by Crippen LogP contribution is -2.34. The van der Waals surface area contributed by atoms with Crippen LogP contribution in [0.25, 0.3) is 0 Å². The topological polar surface area (TPSA) is 76.1 Å². The zero-order chi connectivity index (χ0) is 15.2. The van der Waals surface area contributed by atoms with Crippen LogP contribution in [0, 0.1) is 6.92 Å². The Morgan fingerprint density at radius 1 is 1.10 bits per heavy atom. The summed E-state index contributed by atoms with van der Waals surface area (Å²) in [5, 5.41) is 2.79. The van der Waals surface area contributed by atoms with Gasteiger partial charge in [-0.25, -0.2) is 4.57 Å². The van der Waals surface area contributed by atoms with E-state index in [0.29, 0.717) is 24.2 Å². The van der Waals surface area contributed by atoms with Crippen molar-refractivity contribution in [1.82, 2.24) is 0 Å². The summed E-state index contributed by atoms with van der Waals surface area (Å²) in [6.45, 7) is 2.64. The van der Waals surface area contributed by atoms with Crippen molar-refractivity contribution in [2.75, 3.05) is 5.32 Å². The smallest absolute Gasteiger partial charge is 0.248 e. The summed E-state index contributed by atoms with van der Waals surface area (Å²) in [4.78, 5) is 22.8. The maximum absolute atomic E-state index is 11.9. The molecule has 0 aliphatic heterocycles. The second-order valence-electron chi connectivity index (χ2n) is 4.85. The Labute approximate surface area is 123 Å². The molecule has 21 heavy (non-hydrogen) atoms. The molecule has 5 heteroatoms. The number of aryl methyl sites for hydroxylation is 2. The number of pyridine rings is 1. The van der Waals surface area contributed by atoms with Gasteiger partial charge in [0.2, 0.25) is 11.8 Å². The molecular weight excluding hydrogens is 266 g/mol. The van der Waals surface area contributed by atoms with Gasteiger partial charge in [0.25, 0.3) is 0 Å². The maximum atomic E-state index is 11.9. The highest BCUT2D eigenvalue weighted by molar-refractivity contribution is 5.94. The number of carbonyl (C=O) groups excluding carboxylic acids is 2. The van der Waals surface area contributed by atoms with E-state index < -0.39 is 5.91 Å². The van der Waals surface area contributed by atoms with Crippen LogP contribution in [-0.2, 0) is 11.3 Å². The molecule has 5 nitrogen and oxygen atoms in total. The first kappa shape index (κ1) is 14.7. The number of carbonyl (C=O) groups is 2. The quantitative estimate of drug-likeness (QED) is 0.814. The Kier molecular flexibility index (Phi) is 4.66.